The molecule has 1 aliphatic rings. The van der Waals surface area contributed by atoms with Gasteiger partial charge in [0.05, 0.1) is 31.2 Å². The van der Waals surface area contributed by atoms with Crippen LogP contribution in [0, 0.1) is 0 Å². The van der Waals surface area contributed by atoms with E-state index in [0.29, 0.717) is 36.8 Å². The second-order valence-corrected chi connectivity index (χ2v) is 6.69. The number of ether oxygens (including phenoxy) is 2. The van der Waals surface area contributed by atoms with Crippen molar-refractivity contribution in [3.63, 3.8) is 0 Å². The van der Waals surface area contributed by atoms with Crippen molar-refractivity contribution in [1.82, 2.24) is 9.88 Å². The molecule has 1 saturated heterocycles. The average Bonchev–Trinajstić information content (AvgIpc) is 2.75. The van der Waals surface area contributed by atoms with Gasteiger partial charge in [-0.15, -0.1) is 0 Å². The monoisotopic (exact) mass is 398 g/mol. The maximum absolute atomic E-state index is 12.4. The first kappa shape index (κ1) is 20.4. The zero-order valence-corrected chi connectivity index (χ0v) is 16.7. The zero-order chi connectivity index (χ0) is 20.6. The number of methoxy groups -OCH3 is 1. The summed E-state index contributed by atoms with van der Waals surface area (Å²) in [4.78, 5) is 30.2. The predicted molar refractivity (Wildman–Crippen MR) is 110 cm³/mol. The Morgan fingerprint density at radius 2 is 1.93 bits per heavy atom. The number of likely N-dealkylation sites (tertiary alicyclic amines) is 1. The van der Waals surface area contributed by atoms with E-state index in [4.69, 9.17) is 9.47 Å². The summed E-state index contributed by atoms with van der Waals surface area (Å²) in [6, 6.07) is 10.9. The Hall–Kier alpha value is -3.29. The first-order chi connectivity index (χ1) is 14.1. The molecule has 1 aromatic carbocycles. The fourth-order valence-electron chi connectivity index (χ4n) is 3.23. The van der Waals surface area contributed by atoms with Crippen LogP contribution >= 0.6 is 0 Å². The van der Waals surface area contributed by atoms with E-state index in [1.807, 2.05) is 19.1 Å². The summed E-state index contributed by atoms with van der Waals surface area (Å²) < 4.78 is 10.3. The van der Waals surface area contributed by atoms with Crippen molar-refractivity contribution in [3.05, 3.63) is 48.2 Å². The molecule has 2 N–H and O–H groups in total. The number of anilines is 2. The number of piperidine rings is 1. The number of benzene rings is 1. The standard InChI is InChI=1S/C21H26N4O4/c1-3-29-21(27)25-12-10-15(11-13-25)23-16-8-9-19(22-14-16)24-20(26)17-6-4-5-7-18(17)28-2/h4-9,14-15,23H,3,10-13H2,1-2H3,(H,22,24,26). The Labute approximate surface area is 170 Å². The van der Waals surface area contributed by atoms with Gasteiger partial charge in [0.1, 0.15) is 11.6 Å². The smallest absolute Gasteiger partial charge is 0.409 e. The largest absolute Gasteiger partial charge is 0.496 e. The molecule has 0 spiro atoms. The van der Waals surface area contributed by atoms with Crippen molar-refractivity contribution < 1.29 is 19.1 Å². The molecule has 29 heavy (non-hydrogen) atoms. The van der Waals surface area contributed by atoms with Gasteiger partial charge in [-0.05, 0) is 44.0 Å². The minimum absolute atomic E-state index is 0.247. The third-order valence-electron chi connectivity index (χ3n) is 4.75. The molecule has 2 aromatic rings. The van der Waals surface area contributed by atoms with E-state index in [2.05, 4.69) is 15.6 Å². The Balaban J connectivity index is 1.52. The maximum atomic E-state index is 12.4. The fraction of sp³-hybridized carbons (Fsp3) is 0.381. The van der Waals surface area contributed by atoms with Crippen LogP contribution in [-0.2, 0) is 4.74 Å². The molecular formula is C21H26N4O4. The second-order valence-electron chi connectivity index (χ2n) is 6.69. The van der Waals surface area contributed by atoms with Gasteiger partial charge < -0.3 is 25.0 Å². The summed E-state index contributed by atoms with van der Waals surface area (Å²) in [5.74, 6) is 0.697. The summed E-state index contributed by atoms with van der Waals surface area (Å²) in [5, 5.41) is 6.21. The fourth-order valence-corrected chi connectivity index (χ4v) is 3.23. The van der Waals surface area contributed by atoms with Crippen LogP contribution in [0.1, 0.15) is 30.1 Å². The lowest BCUT2D eigenvalue weighted by Crippen LogP contribution is -2.42. The first-order valence-electron chi connectivity index (χ1n) is 9.69. The van der Waals surface area contributed by atoms with E-state index in [1.165, 1.54) is 7.11 Å². The molecule has 0 atom stereocenters. The van der Waals surface area contributed by atoms with Crippen LogP contribution in [0.25, 0.3) is 0 Å². The molecule has 0 bridgehead atoms. The molecule has 1 aromatic heterocycles. The highest BCUT2D eigenvalue weighted by Gasteiger charge is 2.23. The van der Waals surface area contributed by atoms with Gasteiger partial charge in [-0.3, -0.25) is 4.79 Å². The summed E-state index contributed by atoms with van der Waals surface area (Å²) in [7, 11) is 1.53. The third-order valence-corrected chi connectivity index (χ3v) is 4.75. The molecule has 8 heteroatoms. The lowest BCUT2D eigenvalue weighted by atomic mass is 10.1. The van der Waals surface area contributed by atoms with Crippen molar-refractivity contribution in [1.29, 1.82) is 0 Å². The van der Waals surface area contributed by atoms with Crippen LogP contribution in [0.15, 0.2) is 42.6 Å². The summed E-state index contributed by atoms with van der Waals surface area (Å²) >= 11 is 0. The molecule has 0 saturated carbocycles. The van der Waals surface area contributed by atoms with Gasteiger partial charge in [0, 0.05) is 19.1 Å². The van der Waals surface area contributed by atoms with Gasteiger partial charge in [0.25, 0.3) is 5.91 Å². The molecule has 154 valence electrons. The zero-order valence-electron chi connectivity index (χ0n) is 16.7. The van der Waals surface area contributed by atoms with Crippen LogP contribution in [0.3, 0.4) is 0 Å². The lowest BCUT2D eigenvalue weighted by Gasteiger charge is -2.32. The van der Waals surface area contributed by atoms with Crippen molar-refractivity contribution in [2.75, 3.05) is 37.4 Å². The molecule has 2 heterocycles. The van der Waals surface area contributed by atoms with Crippen LogP contribution in [0.5, 0.6) is 5.75 Å². The normalized spacial score (nSPS) is 14.2. The lowest BCUT2D eigenvalue weighted by molar-refractivity contribution is 0.0981. The van der Waals surface area contributed by atoms with Gasteiger partial charge in [-0.2, -0.15) is 0 Å². The Bertz CT molecular complexity index is 833. The van der Waals surface area contributed by atoms with Crippen LogP contribution in [-0.4, -0.2) is 54.7 Å². The number of carbonyl (C=O) groups is 2. The predicted octanol–water partition coefficient (Wildman–Crippen LogP) is 3.38. The molecule has 2 amide bonds. The molecule has 1 fully saturated rings. The maximum Gasteiger partial charge on any atom is 0.409 e. The van der Waals surface area contributed by atoms with Gasteiger partial charge in [-0.1, -0.05) is 12.1 Å². The number of pyridine rings is 1. The number of hydrogen-bond acceptors (Lipinski definition) is 6. The Morgan fingerprint density at radius 1 is 1.17 bits per heavy atom. The van der Waals surface area contributed by atoms with E-state index >= 15 is 0 Å². The third kappa shape index (κ3) is 5.37. The molecular weight excluding hydrogens is 372 g/mol. The van der Waals surface area contributed by atoms with Gasteiger partial charge in [-0.25, -0.2) is 9.78 Å². The number of amides is 2. The number of nitrogens with one attached hydrogen (secondary N) is 2. The molecule has 8 nitrogen and oxygen atoms in total. The van der Waals surface area contributed by atoms with Crippen LogP contribution in [0.4, 0.5) is 16.3 Å². The van der Waals surface area contributed by atoms with Crippen molar-refractivity contribution in [2.24, 2.45) is 0 Å². The Morgan fingerprint density at radius 3 is 2.59 bits per heavy atom. The molecule has 0 aliphatic carbocycles. The van der Waals surface area contributed by atoms with Crippen molar-refractivity contribution >= 4 is 23.5 Å². The highest BCUT2D eigenvalue weighted by molar-refractivity contribution is 6.05. The number of aromatic nitrogens is 1. The minimum Gasteiger partial charge on any atom is -0.496 e. The van der Waals surface area contributed by atoms with Gasteiger partial charge in [0.2, 0.25) is 0 Å². The van der Waals surface area contributed by atoms with E-state index < -0.39 is 0 Å². The first-order valence-corrected chi connectivity index (χ1v) is 9.69. The van der Waals surface area contributed by atoms with Crippen molar-refractivity contribution in [2.45, 2.75) is 25.8 Å². The Kier molecular flexibility index (Phi) is 6.89. The average molecular weight is 398 g/mol. The van der Waals surface area contributed by atoms with Crippen LogP contribution < -0.4 is 15.4 Å². The molecule has 1 aliphatic heterocycles. The number of nitrogens with zero attached hydrogens (tertiary/aromatic N) is 2. The highest BCUT2D eigenvalue weighted by Crippen LogP contribution is 2.20. The number of carbonyl (C=O) groups excluding carboxylic acids is 2. The SMILES string of the molecule is CCOC(=O)N1CCC(Nc2ccc(NC(=O)c3ccccc3OC)nc2)CC1. The van der Waals surface area contributed by atoms with Gasteiger partial charge >= 0.3 is 6.09 Å². The number of hydrogen-bond donors (Lipinski definition) is 2. The van der Waals surface area contributed by atoms with Gasteiger partial charge in [0.15, 0.2) is 0 Å². The van der Waals surface area contributed by atoms with Crippen LogP contribution in [0.2, 0.25) is 0 Å². The summed E-state index contributed by atoms with van der Waals surface area (Å²) in [5.41, 5.74) is 1.32. The second kappa shape index (κ2) is 9.77. The topological polar surface area (TPSA) is 92.8 Å². The van der Waals surface area contributed by atoms with E-state index in [1.54, 1.807) is 35.4 Å². The molecule has 3 rings (SSSR count). The molecule has 0 radical (unpaired) electrons. The van der Waals surface area contributed by atoms with E-state index in [0.717, 1.165) is 18.5 Å². The summed E-state index contributed by atoms with van der Waals surface area (Å²) in [6.07, 6.45) is 3.12. The van der Waals surface area contributed by atoms with E-state index in [9.17, 15) is 9.59 Å². The quantitative estimate of drug-likeness (QED) is 0.775. The number of rotatable bonds is 6. The van der Waals surface area contributed by atoms with Crippen molar-refractivity contribution in [3.8, 4) is 5.75 Å². The molecule has 0 unspecified atom stereocenters. The highest BCUT2D eigenvalue weighted by atomic mass is 16.6. The minimum atomic E-state index is -0.276. The summed E-state index contributed by atoms with van der Waals surface area (Å²) in [6.45, 7) is 3.53. The van der Waals surface area contributed by atoms with E-state index in [-0.39, 0.29) is 18.0 Å². The number of para-hydroxylation sites is 1.